The number of nitrogen functional groups attached to an aromatic ring is 1. The van der Waals surface area contributed by atoms with E-state index < -0.39 is 5.97 Å². The largest absolute Gasteiger partial charge is 0.452 e. The topological polar surface area (TPSA) is 81.4 Å². The van der Waals surface area contributed by atoms with Crippen LogP contribution >= 0.6 is 15.9 Å². The molecule has 108 valence electrons. The Bertz CT molecular complexity index is 529. The third-order valence-electron chi connectivity index (χ3n) is 3.29. The number of ether oxygens (including phenoxy) is 1. The van der Waals surface area contributed by atoms with E-state index in [1.54, 1.807) is 18.2 Å². The molecule has 2 rings (SSSR count). The fourth-order valence-electron chi connectivity index (χ4n) is 1.92. The van der Waals surface area contributed by atoms with Crippen molar-refractivity contribution in [1.29, 1.82) is 0 Å². The quantitative estimate of drug-likeness (QED) is 0.635. The molecule has 1 saturated carbocycles. The van der Waals surface area contributed by atoms with Gasteiger partial charge in [-0.3, -0.25) is 4.79 Å². The molecule has 1 amide bonds. The van der Waals surface area contributed by atoms with E-state index in [0.29, 0.717) is 11.6 Å². The SMILES string of the molecule is C[C@@H](NC(=O)COC(=O)c1cc(Br)ccc1N)C1CC1. The summed E-state index contributed by atoms with van der Waals surface area (Å²) in [6, 6.07) is 5.05. The van der Waals surface area contributed by atoms with Gasteiger partial charge in [-0.05, 0) is 43.9 Å². The molecule has 0 aromatic heterocycles. The number of rotatable bonds is 5. The van der Waals surface area contributed by atoms with Crippen LogP contribution in [0.4, 0.5) is 5.69 Å². The average Bonchev–Trinajstić information content (AvgIpc) is 3.23. The molecule has 0 saturated heterocycles. The molecule has 5 nitrogen and oxygen atoms in total. The van der Waals surface area contributed by atoms with E-state index in [9.17, 15) is 9.59 Å². The highest BCUT2D eigenvalue weighted by Gasteiger charge is 2.29. The van der Waals surface area contributed by atoms with Crippen LogP contribution in [0.1, 0.15) is 30.1 Å². The fraction of sp³-hybridized carbons (Fsp3) is 0.429. The highest BCUT2D eigenvalue weighted by Crippen LogP contribution is 2.32. The van der Waals surface area contributed by atoms with Crippen LogP contribution in [-0.4, -0.2) is 24.5 Å². The van der Waals surface area contributed by atoms with Crippen molar-refractivity contribution in [2.24, 2.45) is 5.92 Å². The molecule has 1 fully saturated rings. The first-order chi connectivity index (χ1) is 9.47. The number of anilines is 1. The Morgan fingerprint density at radius 2 is 2.20 bits per heavy atom. The van der Waals surface area contributed by atoms with Gasteiger partial charge in [0, 0.05) is 16.2 Å². The first-order valence-electron chi connectivity index (χ1n) is 6.49. The third-order valence-corrected chi connectivity index (χ3v) is 3.78. The Morgan fingerprint density at radius 1 is 1.50 bits per heavy atom. The minimum atomic E-state index is -0.599. The highest BCUT2D eigenvalue weighted by molar-refractivity contribution is 9.10. The predicted octanol–water partition coefficient (Wildman–Crippen LogP) is 2.10. The van der Waals surface area contributed by atoms with Crippen molar-refractivity contribution < 1.29 is 14.3 Å². The lowest BCUT2D eigenvalue weighted by atomic mass is 10.2. The van der Waals surface area contributed by atoms with E-state index >= 15 is 0 Å². The minimum Gasteiger partial charge on any atom is -0.452 e. The molecule has 1 aromatic rings. The number of nitrogens with one attached hydrogen (secondary N) is 1. The first-order valence-corrected chi connectivity index (χ1v) is 7.28. The van der Waals surface area contributed by atoms with Crippen LogP contribution in [0.2, 0.25) is 0 Å². The van der Waals surface area contributed by atoms with E-state index in [-0.39, 0.29) is 24.1 Å². The van der Waals surface area contributed by atoms with Crippen LogP contribution in [0.25, 0.3) is 0 Å². The maximum Gasteiger partial charge on any atom is 0.340 e. The Morgan fingerprint density at radius 3 is 2.85 bits per heavy atom. The number of benzene rings is 1. The van der Waals surface area contributed by atoms with Gasteiger partial charge in [0.05, 0.1) is 5.56 Å². The van der Waals surface area contributed by atoms with Gasteiger partial charge in [0.15, 0.2) is 6.61 Å². The van der Waals surface area contributed by atoms with Gasteiger partial charge in [0.2, 0.25) is 0 Å². The van der Waals surface area contributed by atoms with E-state index in [1.807, 2.05) is 6.92 Å². The molecule has 0 unspecified atom stereocenters. The Labute approximate surface area is 126 Å². The van der Waals surface area contributed by atoms with Gasteiger partial charge < -0.3 is 15.8 Å². The average molecular weight is 341 g/mol. The molecule has 1 atom stereocenters. The molecule has 0 aliphatic heterocycles. The second kappa shape index (κ2) is 6.26. The fourth-order valence-corrected chi connectivity index (χ4v) is 2.28. The van der Waals surface area contributed by atoms with Gasteiger partial charge in [-0.25, -0.2) is 4.79 Å². The van der Waals surface area contributed by atoms with Crippen molar-refractivity contribution >= 4 is 33.5 Å². The monoisotopic (exact) mass is 340 g/mol. The van der Waals surface area contributed by atoms with Crippen LogP contribution in [0.3, 0.4) is 0 Å². The standard InChI is InChI=1S/C14H17BrN2O3/c1-8(9-2-3-9)17-13(18)7-20-14(19)11-6-10(15)4-5-12(11)16/h4-6,8-9H,2-3,7,16H2,1H3,(H,17,18)/t8-/m1/s1. The third kappa shape index (κ3) is 3.96. The van der Waals surface area contributed by atoms with Gasteiger partial charge >= 0.3 is 5.97 Å². The summed E-state index contributed by atoms with van der Waals surface area (Å²) in [4.78, 5) is 23.5. The molecule has 3 N–H and O–H groups in total. The Hall–Kier alpha value is -1.56. The summed E-state index contributed by atoms with van der Waals surface area (Å²) in [6.45, 7) is 1.67. The first kappa shape index (κ1) is 14.8. The molecular formula is C14H17BrN2O3. The minimum absolute atomic E-state index is 0.136. The van der Waals surface area contributed by atoms with Crippen LogP contribution in [-0.2, 0) is 9.53 Å². The summed E-state index contributed by atoms with van der Waals surface area (Å²) in [7, 11) is 0. The molecule has 0 bridgehead atoms. The molecule has 1 aliphatic rings. The molecule has 6 heteroatoms. The van der Waals surface area contributed by atoms with Crippen LogP contribution < -0.4 is 11.1 Å². The Balaban J connectivity index is 1.85. The number of halogens is 1. The number of esters is 1. The van der Waals surface area contributed by atoms with Crippen molar-refractivity contribution in [3.63, 3.8) is 0 Å². The number of carbonyl (C=O) groups is 2. The zero-order valence-corrected chi connectivity index (χ0v) is 12.8. The number of nitrogens with two attached hydrogens (primary N) is 1. The van der Waals surface area contributed by atoms with Crippen molar-refractivity contribution in [2.75, 3.05) is 12.3 Å². The van der Waals surface area contributed by atoms with Gasteiger partial charge in [-0.2, -0.15) is 0 Å². The van der Waals surface area contributed by atoms with Crippen LogP contribution in [0.15, 0.2) is 22.7 Å². The summed E-state index contributed by atoms with van der Waals surface area (Å²) in [5.74, 6) is -0.320. The number of carbonyl (C=O) groups excluding carboxylic acids is 2. The van der Waals surface area contributed by atoms with Gasteiger partial charge in [0.25, 0.3) is 5.91 Å². The number of amides is 1. The maximum atomic E-state index is 11.9. The number of hydrogen-bond donors (Lipinski definition) is 2. The predicted molar refractivity (Wildman–Crippen MR) is 79.2 cm³/mol. The van der Waals surface area contributed by atoms with Crippen molar-refractivity contribution in [3.05, 3.63) is 28.2 Å². The lowest BCUT2D eigenvalue weighted by molar-refractivity contribution is -0.124. The van der Waals surface area contributed by atoms with Crippen LogP contribution in [0.5, 0.6) is 0 Å². The Kier molecular flexibility index (Phi) is 4.65. The summed E-state index contributed by atoms with van der Waals surface area (Å²) in [6.07, 6.45) is 2.30. The second-order valence-corrected chi connectivity index (χ2v) is 5.92. The highest BCUT2D eigenvalue weighted by atomic mass is 79.9. The lowest BCUT2D eigenvalue weighted by Gasteiger charge is -2.13. The normalized spacial score (nSPS) is 15.5. The lowest BCUT2D eigenvalue weighted by Crippen LogP contribution is -2.37. The van der Waals surface area contributed by atoms with Crippen molar-refractivity contribution in [1.82, 2.24) is 5.32 Å². The summed E-state index contributed by atoms with van der Waals surface area (Å²) in [5, 5.41) is 2.82. The van der Waals surface area contributed by atoms with Crippen molar-refractivity contribution in [3.8, 4) is 0 Å². The number of hydrogen-bond acceptors (Lipinski definition) is 4. The second-order valence-electron chi connectivity index (χ2n) is 5.00. The molecular weight excluding hydrogens is 324 g/mol. The van der Waals surface area contributed by atoms with Crippen LogP contribution in [0, 0.1) is 5.92 Å². The summed E-state index contributed by atoms with van der Waals surface area (Å²) in [5.41, 5.74) is 6.28. The molecule has 20 heavy (non-hydrogen) atoms. The molecule has 0 spiro atoms. The van der Waals surface area contributed by atoms with Gasteiger partial charge in [-0.1, -0.05) is 15.9 Å². The van der Waals surface area contributed by atoms with E-state index in [2.05, 4.69) is 21.2 Å². The smallest absolute Gasteiger partial charge is 0.340 e. The molecule has 0 radical (unpaired) electrons. The summed E-state index contributed by atoms with van der Waals surface area (Å²) >= 11 is 3.26. The molecule has 1 aromatic carbocycles. The zero-order valence-electron chi connectivity index (χ0n) is 11.2. The van der Waals surface area contributed by atoms with E-state index in [0.717, 1.165) is 17.3 Å². The van der Waals surface area contributed by atoms with Crippen molar-refractivity contribution in [2.45, 2.75) is 25.8 Å². The van der Waals surface area contributed by atoms with Gasteiger partial charge in [0.1, 0.15) is 0 Å². The molecule has 1 aliphatic carbocycles. The zero-order chi connectivity index (χ0) is 14.7. The maximum absolute atomic E-state index is 11.9. The van der Waals surface area contributed by atoms with E-state index in [1.165, 1.54) is 0 Å². The molecule has 0 heterocycles. The van der Waals surface area contributed by atoms with Gasteiger partial charge in [-0.15, -0.1) is 0 Å². The summed E-state index contributed by atoms with van der Waals surface area (Å²) < 4.78 is 5.70. The van der Waals surface area contributed by atoms with E-state index in [4.69, 9.17) is 10.5 Å².